The van der Waals surface area contributed by atoms with Crippen molar-refractivity contribution in [3.05, 3.63) is 169 Å². The maximum absolute atomic E-state index is 15.0. The Bertz CT molecular complexity index is 3250. The first kappa shape index (κ1) is 58.1. The smallest absolute Gasteiger partial charge is 0.254 e. The molecule has 9 rings (SSSR count). The highest BCUT2D eigenvalue weighted by Gasteiger charge is 2.56. The van der Waals surface area contributed by atoms with Crippen molar-refractivity contribution in [2.45, 2.75) is 154 Å². The van der Waals surface area contributed by atoms with E-state index >= 15 is 4.39 Å². The number of anilines is 2. The minimum absolute atomic E-state index is 0.0755. The lowest BCUT2D eigenvalue weighted by Crippen LogP contribution is -2.36. The van der Waals surface area contributed by atoms with Crippen LogP contribution in [0.5, 0.6) is 11.5 Å². The third kappa shape index (κ3) is 13.0. The minimum atomic E-state index is -2.23. The Labute approximate surface area is 478 Å². The molecule has 0 aliphatic carbocycles. The number of hydrogen-bond acceptors (Lipinski definition) is 8. The maximum Gasteiger partial charge on any atom is 0.254 e. The molecule has 0 saturated heterocycles. The predicted molar refractivity (Wildman–Crippen MR) is 331 cm³/mol. The van der Waals surface area contributed by atoms with Crippen LogP contribution in [0.2, 0.25) is 0 Å². The summed E-state index contributed by atoms with van der Waals surface area (Å²) in [7, 11) is 9.51. The number of alkyl halides is 1. The highest BCUT2D eigenvalue weighted by molar-refractivity contribution is 7.22. The van der Waals surface area contributed by atoms with Gasteiger partial charge >= 0.3 is 0 Å². The van der Waals surface area contributed by atoms with Gasteiger partial charge in [-0.2, -0.15) is 10.2 Å². The van der Waals surface area contributed by atoms with Crippen molar-refractivity contribution in [3.63, 3.8) is 0 Å². The number of carbonyl (C=O) groups excluding carboxylic acids is 2. The number of nitrogens with one attached hydrogen (secondary N) is 3. The molecule has 2 amide bonds. The number of unbranched alkanes of at least 4 members (excludes halogenated alkanes) is 6. The van der Waals surface area contributed by atoms with Gasteiger partial charge in [-0.25, -0.2) is 4.39 Å². The first-order valence-electron chi connectivity index (χ1n) is 29.5. The van der Waals surface area contributed by atoms with Crippen LogP contribution >= 0.6 is 9.24 Å². The van der Waals surface area contributed by atoms with Gasteiger partial charge in [-0.15, -0.1) is 9.24 Å². The number of benzene rings is 5. The van der Waals surface area contributed by atoms with Crippen molar-refractivity contribution in [1.29, 1.82) is 0 Å². The zero-order valence-electron chi connectivity index (χ0n) is 47.9. The van der Waals surface area contributed by atoms with E-state index in [1.807, 2.05) is 50.5 Å². The molecule has 4 aliphatic rings. The van der Waals surface area contributed by atoms with Gasteiger partial charge < -0.3 is 30.5 Å². The van der Waals surface area contributed by atoms with E-state index in [4.69, 9.17) is 19.2 Å². The highest BCUT2D eigenvalue weighted by Crippen LogP contribution is 2.52. The van der Waals surface area contributed by atoms with Crippen LogP contribution in [0, 0.1) is 6.92 Å². The Morgan fingerprint density at radius 3 is 2.27 bits per heavy atom. The van der Waals surface area contributed by atoms with Gasteiger partial charge in [0.05, 0.1) is 0 Å². The number of rotatable bonds is 27. The molecule has 0 bridgehead atoms. The third-order valence-electron chi connectivity index (χ3n) is 16.7. The van der Waals surface area contributed by atoms with E-state index in [-0.39, 0.29) is 11.8 Å². The number of hydrogen-bond donors (Lipinski definition) is 3. The largest absolute Gasteiger partial charge is 0.455 e. The van der Waals surface area contributed by atoms with Crippen molar-refractivity contribution >= 4 is 58.1 Å². The fraction of sp³-hybridized carbons (Fsp3) is 0.433. The van der Waals surface area contributed by atoms with E-state index in [9.17, 15) is 9.59 Å². The minimum Gasteiger partial charge on any atom is -0.455 e. The number of fused-ring (bicyclic) bond motifs is 3. The normalized spacial score (nSPS) is 15.3. The summed E-state index contributed by atoms with van der Waals surface area (Å²) in [5, 5.41) is 17.7. The summed E-state index contributed by atoms with van der Waals surface area (Å²) < 4.78 is 22.4. The SMILES string of the molecule is [B]C(F)(P)C1(c2ccc(CN(CCNC(=C)c3ccc(C)c(C4=c5cc(CCCCC)c(=C)c(CCCC)c5Oc5c4cc4c6c5CCCN6CCCC4)c3)C(=O)c3ccc(NC(=C)CCCCCCC(=O)NC)cc3)cc2)N=N1. The third-order valence-corrected chi connectivity index (χ3v) is 17.1. The van der Waals surface area contributed by atoms with E-state index in [1.165, 1.54) is 63.9 Å². The highest BCUT2D eigenvalue weighted by atomic mass is 31.0. The summed E-state index contributed by atoms with van der Waals surface area (Å²) in [5.41, 5.74) is 15.5. The number of halogens is 1. The van der Waals surface area contributed by atoms with Gasteiger partial charge in [0, 0.05) is 108 Å². The first-order chi connectivity index (χ1) is 38.6. The average molecular weight is 1090 g/mol. The fourth-order valence-corrected chi connectivity index (χ4v) is 12.3. The molecule has 3 N–H and O–H groups in total. The molecule has 80 heavy (non-hydrogen) atoms. The van der Waals surface area contributed by atoms with Gasteiger partial charge in [-0.3, -0.25) is 9.59 Å². The molecule has 4 aliphatic heterocycles. The summed E-state index contributed by atoms with van der Waals surface area (Å²) in [6.07, 6.45) is 18.2. The van der Waals surface area contributed by atoms with Gasteiger partial charge in [-0.1, -0.05) is 102 Å². The van der Waals surface area contributed by atoms with Crippen LogP contribution in [0.4, 0.5) is 15.8 Å². The molecule has 4 heterocycles. The molecule has 418 valence electrons. The molecule has 10 nitrogen and oxygen atoms in total. The van der Waals surface area contributed by atoms with Crippen LogP contribution in [-0.2, 0) is 42.7 Å². The van der Waals surface area contributed by atoms with Crippen LogP contribution in [0.1, 0.15) is 170 Å². The summed E-state index contributed by atoms with van der Waals surface area (Å²) in [5.74, 6) is 1.93. The second kappa shape index (κ2) is 25.9. The molecular formula is C67H82BFN7O3P. The van der Waals surface area contributed by atoms with Crippen molar-refractivity contribution in [2.24, 2.45) is 10.2 Å². The topological polar surface area (TPSA) is 111 Å². The molecule has 0 aromatic heterocycles. The molecule has 13 heteroatoms. The van der Waals surface area contributed by atoms with E-state index in [1.54, 1.807) is 19.2 Å². The maximum atomic E-state index is 15.0. The Hall–Kier alpha value is -6.52. The number of ether oxygens (including phenoxy) is 1. The molecule has 2 atom stereocenters. The molecule has 0 saturated carbocycles. The summed E-state index contributed by atoms with van der Waals surface area (Å²) >= 11 is 0. The van der Waals surface area contributed by atoms with Gasteiger partial charge in [0.25, 0.3) is 5.91 Å². The number of aryl methyl sites for hydroxylation is 3. The fourth-order valence-electron chi connectivity index (χ4n) is 12.0. The number of amides is 2. The molecule has 2 unspecified atom stereocenters. The Morgan fingerprint density at radius 2 is 1.56 bits per heavy atom. The molecule has 2 radical (unpaired) electrons. The Kier molecular flexibility index (Phi) is 18.9. The summed E-state index contributed by atoms with van der Waals surface area (Å²) in [6.45, 7) is 23.7. The second-order valence-electron chi connectivity index (χ2n) is 22.6. The van der Waals surface area contributed by atoms with Gasteiger partial charge in [0.2, 0.25) is 11.6 Å². The first-order valence-corrected chi connectivity index (χ1v) is 30.1. The van der Waals surface area contributed by atoms with Crippen LogP contribution in [0.25, 0.3) is 17.8 Å². The molecular weight excluding hydrogens is 1010 g/mol. The standard InChI is InChI=1S/C67H82BFN7O3P/c1-8-10-14-21-50-40-58-61(59-42-52-22-17-18-37-75-38-19-24-56(62(52)75)64(59)79-63(58)55(46(50)5)23-11-9-2)57-41-51(29-26-44(57)3)47(6)71-36-39-76(43-48-27-32-53(33-28-48)66(73-74-66)67(68,69)80)65(78)49-30-34-54(35-31-49)72-45(4)20-15-12-13-16-25-60(77)70-7/h26-35,40-42,71-72H,4-6,8-25,36-39,43,80H2,1-3,7H3,(H,70,77). The van der Waals surface area contributed by atoms with Crippen LogP contribution in [0.3, 0.4) is 0 Å². The summed E-state index contributed by atoms with van der Waals surface area (Å²) in [4.78, 5) is 30.6. The van der Waals surface area contributed by atoms with Crippen LogP contribution in [-0.4, -0.2) is 63.1 Å². The summed E-state index contributed by atoms with van der Waals surface area (Å²) in [6, 6.07) is 26.4. The van der Waals surface area contributed by atoms with Crippen molar-refractivity contribution in [3.8, 4) is 11.5 Å². The lowest BCUT2D eigenvalue weighted by Gasteiger charge is -2.36. The second-order valence-corrected chi connectivity index (χ2v) is 23.4. The molecule has 5 aromatic rings. The van der Waals surface area contributed by atoms with Crippen molar-refractivity contribution < 1.29 is 18.7 Å². The van der Waals surface area contributed by atoms with Crippen LogP contribution in [0.15, 0.2) is 108 Å². The van der Waals surface area contributed by atoms with Crippen molar-refractivity contribution in [1.82, 2.24) is 15.5 Å². The van der Waals surface area contributed by atoms with Gasteiger partial charge in [0.1, 0.15) is 24.7 Å². The zero-order chi connectivity index (χ0) is 56.6. The Morgan fingerprint density at radius 1 is 0.838 bits per heavy atom. The van der Waals surface area contributed by atoms with Gasteiger partial charge in [-0.05, 0) is 165 Å². The Balaban J connectivity index is 0.993. The molecule has 0 fully saturated rings. The molecule has 0 spiro atoms. The van der Waals surface area contributed by atoms with E-state index in [2.05, 4.69) is 95.3 Å². The van der Waals surface area contributed by atoms with E-state index in [0.29, 0.717) is 37.2 Å². The number of carbonyl (C=O) groups is 2. The lowest BCUT2D eigenvalue weighted by atomic mass is 9.82. The van der Waals surface area contributed by atoms with Crippen molar-refractivity contribution in [2.75, 3.05) is 43.4 Å². The lowest BCUT2D eigenvalue weighted by molar-refractivity contribution is -0.120. The van der Waals surface area contributed by atoms with Crippen LogP contribution < -0.4 is 36.0 Å². The average Bonchev–Trinajstić information content (AvgIpc) is 4.36. The number of allylic oxidation sites excluding steroid dienone is 1. The quantitative estimate of drug-likeness (QED) is 0.0269. The number of nitrogens with zero attached hydrogens (tertiary/aromatic N) is 4. The predicted octanol–water partition coefficient (Wildman–Crippen LogP) is 13.1. The van der Waals surface area contributed by atoms with Gasteiger partial charge in [0.15, 0.2) is 0 Å². The zero-order valence-corrected chi connectivity index (χ0v) is 49.1. The monoisotopic (exact) mass is 1090 g/mol. The van der Waals surface area contributed by atoms with E-state index in [0.717, 1.165) is 159 Å². The molecule has 5 aromatic carbocycles. The van der Waals surface area contributed by atoms with E-state index < -0.39 is 11.0 Å².